The average Bonchev–Trinajstić information content (AvgIpc) is 2.97. The van der Waals surface area contributed by atoms with E-state index in [1.165, 1.54) is 23.0 Å². The number of nitrogens with zero attached hydrogens (tertiary/aromatic N) is 2. The van der Waals surface area contributed by atoms with E-state index in [9.17, 15) is 17.6 Å². The van der Waals surface area contributed by atoms with Crippen LogP contribution in [-0.2, 0) is 26.1 Å². The number of carbonyl (C=O) groups excluding carboxylic acids is 1. The third-order valence-corrected chi connectivity index (χ3v) is 6.64. The average molecular weight is 423 g/mol. The SMILES string of the molecule is COC(=O)Cn1c(=NS(=O)(=O)c2ccc(F)cc2)sc2cc(C(C)C)ccc21. The smallest absolute Gasteiger partial charge is 0.325 e. The van der Waals surface area contributed by atoms with Gasteiger partial charge in [0.2, 0.25) is 4.80 Å². The predicted octanol–water partition coefficient (Wildman–Crippen LogP) is 3.43. The van der Waals surface area contributed by atoms with Crippen LogP contribution in [0.4, 0.5) is 4.39 Å². The second-order valence-corrected chi connectivity index (χ2v) is 9.06. The van der Waals surface area contributed by atoms with Crippen LogP contribution in [0.1, 0.15) is 25.3 Å². The van der Waals surface area contributed by atoms with Crippen molar-refractivity contribution in [3.05, 3.63) is 58.6 Å². The van der Waals surface area contributed by atoms with Crippen LogP contribution >= 0.6 is 11.3 Å². The van der Waals surface area contributed by atoms with E-state index in [1.807, 2.05) is 18.2 Å². The van der Waals surface area contributed by atoms with Crippen molar-refractivity contribution < 1.29 is 22.3 Å². The molecule has 0 aliphatic heterocycles. The highest BCUT2D eigenvalue weighted by molar-refractivity contribution is 7.90. The molecule has 0 N–H and O–H groups in total. The molecule has 148 valence electrons. The largest absolute Gasteiger partial charge is 0.468 e. The van der Waals surface area contributed by atoms with Crippen LogP contribution in [0.25, 0.3) is 10.2 Å². The molecular weight excluding hydrogens is 403 g/mol. The minimum absolute atomic E-state index is 0.126. The fraction of sp³-hybridized carbons (Fsp3) is 0.263. The van der Waals surface area contributed by atoms with Crippen LogP contribution in [0.2, 0.25) is 0 Å². The molecule has 0 atom stereocenters. The summed E-state index contributed by atoms with van der Waals surface area (Å²) in [6, 6.07) is 10.2. The first-order chi connectivity index (χ1) is 13.2. The van der Waals surface area contributed by atoms with E-state index in [1.54, 1.807) is 0 Å². The molecule has 28 heavy (non-hydrogen) atoms. The Balaban J connectivity index is 2.22. The van der Waals surface area contributed by atoms with E-state index in [4.69, 9.17) is 4.74 Å². The van der Waals surface area contributed by atoms with E-state index < -0.39 is 21.8 Å². The van der Waals surface area contributed by atoms with E-state index in [2.05, 4.69) is 18.2 Å². The Morgan fingerprint density at radius 3 is 2.50 bits per heavy atom. The topological polar surface area (TPSA) is 77.7 Å². The van der Waals surface area contributed by atoms with Crippen molar-refractivity contribution >= 4 is 37.5 Å². The summed E-state index contributed by atoms with van der Waals surface area (Å²) in [5, 5.41) is 0. The van der Waals surface area contributed by atoms with Crippen molar-refractivity contribution in [1.29, 1.82) is 0 Å². The van der Waals surface area contributed by atoms with Crippen LogP contribution in [0, 0.1) is 5.82 Å². The zero-order chi connectivity index (χ0) is 20.5. The Labute approximate surface area is 166 Å². The van der Waals surface area contributed by atoms with Gasteiger partial charge >= 0.3 is 5.97 Å². The Morgan fingerprint density at radius 1 is 1.21 bits per heavy atom. The van der Waals surface area contributed by atoms with Crippen molar-refractivity contribution in [2.75, 3.05) is 7.11 Å². The van der Waals surface area contributed by atoms with Gasteiger partial charge in [0, 0.05) is 0 Å². The number of hydrogen-bond donors (Lipinski definition) is 0. The minimum Gasteiger partial charge on any atom is -0.468 e. The molecule has 3 rings (SSSR count). The maximum atomic E-state index is 13.1. The molecule has 0 saturated carbocycles. The number of ether oxygens (including phenoxy) is 1. The van der Waals surface area contributed by atoms with Crippen LogP contribution in [0.5, 0.6) is 0 Å². The lowest BCUT2D eigenvalue weighted by Gasteiger charge is -2.06. The Hall–Kier alpha value is -2.52. The molecule has 2 aromatic carbocycles. The molecule has 0 amide bonds. The van der Waals surface area contributed by atoms with Crippen molar-refractivity contribution in [1.82, 2.24) is 4.57 Å². The van der Waals surface area contributed by atoms with Gasteiger partial charge in [-0.2, -0.15) is 8.42 Å². The third kappa shape index (κ3) is 4.15. The Bertz CT molecular complexity index is 1190. The number of sulfonamides is 1. The highest BCUT2D eigenvalue weighted by atomic mass is 32.2. The summed E-state index contributed by atoms with van der Waals surface area (Å²) in [4.78, 5) is 11.9. The lowest BCUT2D eigenvalue weighted by Crippen LogP contribution is -2.22. The molecule has 1 heterocycles. The Kier molecular flexibility index (Phi) is 5.66. The van der Waals surface area contributed by atoms with E-state index in [0.29, 0.717) is 11.4 Å². The van der Waals surface area contributed by atoms with Gasteiger partial charge in [0.05, 0.1) is 22.2 Å². The number of fused-ring (bicyclic) bond motifs is 1. The van der Waals surface area contributed by atoms with Crippen LogP contribution in [0.15, 0.2) is 51.8 Å². The second-order valence-electron chi connectivity index (χ2n) is 6.45. The first kappa shape index (κ1) is 20.2. The third-order valence-electron chi connectivity index (χ3n) is 4.20. The summed E-state index contributed by atoms with van der Waals surface area (Å²) in [5.41, 5.74) is 1.78. The molecule has 0 radical (unpaired) electrons. The fourth-order valence-electron chi connectivity index (χ4n) is 2.63. The number of halogens is 1. The first-order valence-electron chi connectivity index (χ1n) is 8.48. The summed E-state index contributed by atoms with van der Waals surface area (Å²) in [6.07, 6.45) is 0. The molecule has 0 unspecified atom stereocenters. The summed E-state index contributed by atoms with van der Waals surface area (Å²) >= 11 is 1.17. The number of methoxy groups -OCH3 is 1. The molecule has 9 heteroatoms. The quantitative estimate of drug-likeness (QED) is 0.590. The van der Waals surface area contributed by atoms with Gasteiger partial charge in [-0.25, -0.2) is 4.39 Å². The highest BCUT2D eigenvalue weighted by Gasteiger charge is 2.17. The fourth-order valence-corrected chi connectivity index (χ4v) is 4.91. The molecule has 0 fully saturated rings. The van der Waals surface area contributed by atoms with Gasteiger partial charge in [-0.05, 0) is 47.9 Å². The molecular formula is C19H19FN2O4S2. The van der Waals surface area contributed by atoms with Crippen LogP contribution in [-0.4, -0.2) is 26.1 Å². The monoisotopic (exact) mass is 422 g/mol. The molecule has 3 aromatic rings. The lowest BCUT2D eigenvalue weighted by atomic mass is 10.0. The van der Waals surface area contributed by atoms with E-state index >= 15 is 0 Å². The maximum absolute atomic E-state index is 13.1. The van der Waals surface area contributed by atoms with E-state index in [0.717, 1.165) is 34.5 Å². The van der Waals surface area contributed by atoms with Crippen molar-refractivity contribution in [3.63, 3.8) is 0 Å². The van der Waals surface area contributed by atoms with Crippen molar-refractivity contribution in [3.8, 4) is 0 Å². The summed E-state index contributed by atoms with van der Waals surface area (Å²) in [5.74, 6) is -0.764. The van der Waals surface area contributed by atoms with Crippen molar-refractivity contribution in [2.45, 2.75) is 31.2 Å². The number of carbonyl (C=O) groups is 1. The number of benzene rings is 2. The molecule has 0 saturated heterocycles. The zero-order valence-electron chi connectivity index (χ0n) is 15.5. The van der Waals surface area contributed by atoms with Gasteiger partial charge in [-0.3, -0.25) is 4.79 Å². The molecule has 0 aliphatic carbocycles. The van der Waals surface area contributed by atoms with Gasteiger partial charge in [0.1, 0.15) is 12.4 Å². The number of thiazole rings is 1. The standard InChI is InChI=1S/C19H19FN2O4S2/c1-12(2)13-4-9-16-17(10-13)27-19(22(16)11-18(23)26-3)21-28(24,25)15-7-5-14(20)6-8-15/h4-10,12H,11H2,1-3H3. The lowest BCUT2D eigenvalue weighted by molar-refractivity contribution is -0.141. The number of rotatable bonds is 5. The van der Waals surface area contributed by atoms with E-state index in [-0.39, 0.29) is 16.2 Å². The van der Waals surface area contributed by atoms with Crippen molar-refractivity contribution in [2.24, 2.45) is 4.40 Å². The molecule has 6 nitrogen and oxygen atoms in total. The predicted molar refractivity (Wildman–Crippen MR) is 105 cm³/mol. The van der Waals surface area contributed by atoms with Gasteiger partial charge in [-0.1, -0.05) is 31.3 Å². The zero-order valence-corrected chi connectivity index (χ0v) is 17.2. The van der Waals surface area contributed by atoms with Crippen LogP contribution in [0.3, 0.4) is 0 Å². The number of aromatic nitrogens is 1. The summed E-state index contributed by atoms with van der Waals surface area (Å²) in [7, 11) is -2.81. The number of hydrogen-bond acceptors (Lipinski definition) is 5. The summed E-state index contributed by atoms with van der Waals surface area (Å²) < 4.78 is 49.4. The Morgan fingerprint density at radius 2 is 1.89 bits per heavy atom. The van der Waals surface area contributed by atoms with Gasteiger partial charge in [-0.15, -0.1) is 4.40 Å². The normalized spacial score (nSPS) is 12.7. The highest BCUT2D eigenvalue weighted by Crippen LogP contribution is 2.24. The van der Waals surface area contributed by atoms with Gasteiger partial charge in [0.25, 0.3) is 10.0 Å². The second kappa shape index (κ2) is 7.84. The van der Waals surface area contributed by atoms with Gasteiger partial charge < -0.3 is 9.30 Å². The summed E-state index contributed by atoms with van der Waals surface area (Å²) in [6.45, 7) is 3.94. The molecule has 0 aliphatic rings. The maximum Gasteiger partial charge on any atom is 0.325 e. The molecule has 1 aromatic heterocycles. The molecule has 0 spiro atoms. The number of esters is 1. The minimum atomic E-state index is -4.07. The van der Waals surface area contributed by atoms with Gasteiger partial charge in [0.15, 0.2) is 0 Å². The first-order valence-corrected chi connectivity index (χ1v) is 10.7. The molecule has 0 bridgehead atoms. The van der Waals surface area contributed by atoms with Crippen LogP contribution < -0.4 is 4.80 Å².